The van der Waals surface area contributed by atoms with Crippen molar-refractivity contribution in [3.05, 3.63) is 126 Å². The molecule has 4 aromatic rings. The third-order valence-electron chi connectivity index (χ3n) is 7.63. The van der Waals surface area contributed by atoms with Crippen LogP contribution in [0.15, 0.2) is 109 Å². The number of benzene rings is 4. The van der Waals surface area contributed by atoms with Gasteiger partial charge in [-0.3, -0.25) is 0 Å². The summed E-state index contributed by atoms with van der Waals surface area (Å²) in [5, 5.41) is 2.03. The zero-order chi connectivity index (χ0) is 22.7. The van der Waals surface area contributed by atoms with Crippen LogP contribution in [0, 0.1) is 0 Å². The van der Waals surface area contributed by atoms with Gasteiger partial charge in [-0.25, -0.2) is 0 Å². The van der Waals surface area contributed by atoms with E-state index in [2.05, 4.69) is 114 Å². The Morgan fingerprint density at radius 3 is 2.15 bits per heavy atom. The SMILES string of the molecule is O=P1(C2CCC=C(c3ccccc3)C2)c2ccccc2C2=[N+](c3ccccc32)c2ccccc21. The third-order valence-corrected chi connectivity index (χ3v) is 11.3. The molecule has 2 atom stereocenters. The van der Waals surface area contributed by atoms with Crippen LogP contribution in [0.25, 0.3) is 5.57 Å². The van der Waals surface area contributed by atoms with Crippen molar-refractivity contribution < 1.29 is 4.57 Å². The Morgan fingerprint density at radius 2 is 1.32 bits per heavy atom. The third kappa shape index (κ3) is 2.70. The molecule has 4 aromatic carbocycles. The largest absolute Gasteiger partial charge is 0.313 e. The molecule has 2 heterocycles. The van der Waals surface area contributed by atoms with Crippen LogP contribution in [-0.2, 0) is 4.57 Å². The van der Waals surface area contributed by atoms with Crippen LogP contribution in [0.3, 0.4) is 0 Å². The first kappa shape index (κ1) is 19.9. The summed E-state index contributed by atoms with van der Waals surface area (Å²) < 4.78 is 18.0. The van der Waals surface area contributed by atoms with Gasteiger partial charge < -0.3 is 4.57 Å². The first-order valence-electron chi connectivity index (χ1n) is 12.1. The van der Waals surface area contributed by atoms with E-state index in [1.54, 1.807) is 0 Å². The molecular formula is C31H25NOP+. The highest BCUT2D eigenvalue weighted by Gasteiger charge is 2.50. The van der Waals surface area contributed by atoms with E-state index in [1.165, 1.54) is 28.1 Å². The maximum Gasteiger partial charge on any atom is 0.233 e. The van der Waals surface area contributed by atoms with E-state index < -0.39 is 7.14 Å². The number of nitrogens with zero attached hydrogens (tertiary/aromatic N) is 1. The first-order valence-corrected chi connectivity index (χ1v) is 13.8. The summed E-state index contributed by atoms with van der Waals surface area (Å²) in [4.78, 5) is 0. The highest BCUT2D eigenvalue weighted by atomic mass is 31.2. The Hall–Kier alpha value is -3.48. The van der Waals surface area contributed by atoms with E-state index in [-0.39, 0.29) is 5.66 Å². The standard InChI is InChI=1S/C31H25NOP/c33-34(24-14-10-13-23(21-24)22-11-2-1-3-12-22)29-19-8-5-16-26(29)31-25-15-4-6-17-27(25)32(31)28-18-7-9-20-30(28)34/h1-9,11-13,15-20,24H,10,14,21H2/q+1. The zero-order valence-corrected chi connectivity index (χ0v) is 19.8. The Morgan fingerprint density at radius 1 is 0.676 bits per heavy atom. The molecule has 0 amide bonds. The molecule has 0 bridgehead atoms. The molecule has 1 aliphatic carbocycles. The average Bonchev–Trinajstić information content (AvgIpc) is 2.98. The Balaban J connectivity index is 1.46. The van der Waals surface area contributed by atoms with E-state index in [0.717, 1.165) is 41.1 Å². The average molecular weight is 459 g/mol. The highest BCUT2D eigenvalue weighted by molar-refractivity contribution is 7.79. The van der Waals surface area contributed by atoms with E-state index >= 15 is 4.57 Å². The van der Waals surface area contributed by atoms with Crippen LogP contribution in [0.4, 0.5) is 11.4 Å². The van der Waals surface area contributed by atoms with Crippen molar-refractivity contribution >= 4 is 40.4 Å². The second-order valence-corrected chi connectivity index (χ2v) is 12.4. The van der Waals surface area contributed by atoms with Crippen molar-refractivity contribution in [2.75, 3.05) is 0 Å². The van der Waals surface area contributed by atoms with Gasteiger partial charge in [0.1, 0.15) is 5.56 Å². The number of allylic oxidation sites excluding steroid dienone is 2. The van der Waals surface area contributed by atoms with Gasteiger partial charge >= 0.3 is 0 Å². The molecule has 3 heteroatoms. The minimum atomic E-state index is -2.94. The lowest BCUT2D eigenvalue weighted by Crippen LogP contribution is -2.32. The van der Waals surface area contributed by atoms with Gasteiger partial charge in [-0.1, -0.05) is 78.9 Å². The predicted molar refractivity (Wildman–Crippen MR) is 143 cm³/mol. The molecule has 3 aliphatic rings. The van der Waals surface area contributed by atoms with E-state index in [0.29, 0.717) is 0 Å². The predicted octanol–water partition coefficient (Wildman–Crippen LogP) is 6.64. The highest BCUT2D eigenvalue weighted by Crippen LogP contribution is 2.58. The fourth-order valence-corrected chi connectivity index (χ4v) is 9.76. The molecule has 2 unspecified atom stereocenters. The molecule has 0 spiro atoms. The maximum atomic E-state index is 15.6. The molecule has 2 nitrogen and oxygen atoms in total. The van der Waals surface area contributed by atoms with Crippen molar-refractivity contribution in [2.24, 2.45) is 0 Å². The number of para-hydroxylation sites is 2. The second-order valence-electron chi connectivity index (χ2n) is 9.40. The van der Waals surface area contributed by atoms with Gasteiger partial charge in [-0.15, -0.1) is 0 Å². The van der Waals surface area contributed by atoms with E-state index in [1.807, 2.05) is 0 Å². The number of rotatable bonds is 2. The van der Waals surface area contributed by atoms with Gasteiger partial charge in [-0.05, 0) is 48.6 Å². The van der Waals surface area contributed by atoms with Crippen molar-refractivity contribution in [3.8, 4) is 0 Å². The minimum Gasteiger partial charge on any atom is -0.313 e. The quantitative estimate of drug-likeness (QED) is 0.215. The number of hydrogen-bond donors (Lipinski definition) is 0. The Bertz CT molecular complexity index is 1480. The van der Waals surface area contributed by atoms with Gasteiger partial charge in [-0.2, -0.15) is 4.58 Å². The van der Waals surface area contributed by atoms with Crippen molar-refractivity contribution in [3.63, 3.8) is 0 Å². The molecule has 0 N–H and O–H groups in total. The molecule has 164 valence electrons. The first-order chi connectivity index (χ1) is 16.8. The van der Waals surface area contributed by atoms with Gasteiger partial charge in [0, 0.05) is 23.1 Å². The fraction of sp³-hybridized carbons (Fsp3) is 0.129. The summed E-state index contributed by atoms with van der Waals surface area (Å²) >= 11 is 0. The molecule has 34 heavy (non-hydrogen) atoms. The van der Waals surface area contributed by atoms with Crippen molar-refractivity contribution in [1.82, 2.24) is 4.58 Å². The molecule has 0 saturated heterocycles. The molecule has 0 radical (unpaired) electrons. The lowest BCUT2D eigenvalue weighted by molar-refractivity contribution is 0.570. The van der Waals surface area contributed by atoms with Crippen LogP contribution in [0.5, 0.6) is 0 Å². The molecule has 0 aromatic heterocycles. The summed E-state index contributed by atoms with van der Waals surface area (Å²) in [5.74, 6) is 0. The lowest BCUT2D eigenvalue weighted by atomic mass is 9.93. The monoisotopic (exact) mass is 458 g/mol. The summed E-state index contributed by atoms with van der Waals surface area (Å²) in [7, 11) is -2.94. The molecule has 7 rings (SSSR count). The van der Waals surface area contributed by atoms with Crippen LogP contribution >= 0.6 is 7.14 Å². The molecule has 2 aliphatic heterocycles. The van der Waals surface area contributed by atoms with Gasteiger partial charge in [0.15, 0.2) is 7.14 Å². The maximum absolute atomic E-state index is 15.6. The van der Waals surface area contributed by atoms with Gasteiger partial charge in [0.05, 0.1) is 10.9 Å². The van der Waals surface area contributed by atoms with Crippen LogP contribution < -0.4 is 15.2 Å². The molecule has 0 fully saturated rings. The Labute approximate surface area is 200 Å². The smallest absolute Gasteiger partial charge is 0.233 e. The zero-order valence-electron chi connectivity index (χ0n) is 18.9. The topological polar surface area (TPSA) is 20.1 Å². The van der Waals surface area contributed by atoms with Crippen LogP contribution in [0.1, 0.15) is 36.0 Å². The summed E-state index contributed by atoms with van der Waals surface area (Å²) in [5.41, 5.74) is 8.48. The van der Waals surface area contributed by atoms with Crippen molar-refractivity contribution in [1.29, 1.82) is 0 Å². The van der Waals surface area contributed by atoms with Gasteiger partial charge in [0.2, 0.25) is 17.1 Å². The summed E-state index contributed by atoms with van der Waals surface area (Å²) in [6, 6.07) is 36.0. The Kier molecular flexibility index (Phi) is 4.41. The normalized spacial score (nSPS) is 22.4. The minimum absolute atomic E-state index is 0.0809. The fourth-order valence-electron chi connectivity index (χ4n) is 6.08. The van der Waals surface area contributed by atoms with E-state index in [9.17, 15) is 0 Å². The second kappa shape index (κ2) is 7.52. The van der Waals surface area contributed by atoms with Crippen molar-refractivity contribution in [2.45, 2.75) is 24.9 Å². The number of fused-ring (bicyclic) bond motifs is 7. The van der Waals surface area contributed by atoms with E-state index in [4.69, 9.17) is 0 Å². The van der Waals surface area contributed by atoms with Gasteiger partial charge in [0.25, 0.3) is 0 Å². The van der Waals surface area contributed by atoms with Crippen LogP contribution in [0.2, 0.25) is 0 Å². The number of hydrogen-bond acceptors (Lipinski definition) is 1. The molecular weight excluding hydrogens is 433 g/mol. The lowest BCUT2D eigenvalue weighted by Gasteiger charge is -2.31. The molecule has 0 saturated carbocycles. The summed E-state index contributed by atoms with van der Waals surface area (Å²) in [6.45, 7) is 0. The van der Waals surface area contributed by atoms with Crippen LogP contribution in [-0.4, -0.2) is 11.4 Å². The summed E-state index contributed by atoms with van der Waals surface area (Å²) in [6.07, 6.45) is 5.10.